The number of aromatic nitrogens is 2. The molecule has 1 unspecified atom stereocenters. The molecule has 1 N–H and O–H groups in total. The van der Waals surface area contributed by atoms with Gasteiger partial charge in [-0.25, -0.2) is 0 Å². The van der Waals surface area contributed by atoms with E-state index in [1.807, 2.05) is 0 Å². The Morgan fingerprint density at radius 2 is 1.86 bits per heavy atom. The molecule has 0 aliphatic heterocycles. The highest BCUT2D eigenvalue weighted by Gasteiger charge is 2.59. The van der Waals surface area contributed by atoms with Crippen LogP contribution in [0.3, 0.4) is 0 Å². The van der Waals surface area contributed by atoms with Crippen molar-refractivity contribution in [2.45, 2.75) is 46.1 Å². The smallest absolute Gasteiger partial charge is 0.0907 e. The molecule has 0 amide bonds. The first-order chi connectivity index (χ1) is 9.99. The van der Waals surface area contributed by atoms with Crippen LogP contribution in [0.4, 0.5) is 5.69 Å². The van der Waals surface area contributed by atoms with Gasteiger partial charge in [-0.05, 0) is 54.2 Å². The summed E-state index contributed by atoms with van der Waals surface area (Å²) in [6, 6.07) is 6.88. The number of hydrogen-bond acceptors (Lipinski definition) is 3. The predicted molar refractivity (Wildman–Crippen MR) is 86.2 cm³/mol. The van der Waals surface area contributed by atoms with Crippen molar-refractivity contribution in [2.24, 2.45) is 16.7 Å². The maximum atomic E-state index is 4.42. The first-order valence-electron chi connectivity index (χ1n) is 7.96. The van der Waals surface area contributed by atoms with Crippen molar-refractivity contribution in [2.75, 3.05) is 5.32 Å². The maximum absolute atomic E-state index is 4.42. The Balaban J connectivity index is 1.68. The number of hydrogen-bond donors (Lipinski definition) is 1. The van der Waals surface area contributed by atoms with E-state index in [4.69, 9.17) is 0 Å². The zero-order chi connectivity index (χ0) is 14.7. The van der Waals surface area contributed by atoms with E-state index in [-0.39, 0.29) is 0 Å². The fourth-order valence-corrected chi connectivity index (χ4v) is 4.88. The SMILES string of the molecule is CC1(C)C(Nc2ccc3nccnc3c2)[C@]2(C)CC[C@H]1C2. The van der Waals surface area contributed by atoms with Crippen LogP contribution >= 0.6 is 0 Å². The van der Waals surface area contributed by atoms with Crippen LogP contribution in [0, 0.1) is 16.7 Å². The van der Waals surface area contributed by atoms with Crippen LogP contribution in [0.2, 0.25) is 0 Å². The average Bonchev–Trinajstić information content (AvgIpc) is 2.95. The normalized spacial score (nSPS) is 33.5. The number of nitrogens with one attached hydrogen (secondary N) is 1. The minimum atomic E-state index is 0.365. The molecule has 110 valence electrons. The van der Waals surface area contributed by atoms with Crippen molar-refractivity contribution >= 4 is 16.7 Å². The molecular weight excluding hydrogens is 258 g/mol. The summed E-state index contributed by atoms with van der Waals surface area (Å²) in [7, 11) is 0. The second kappa shape index (κ2) is 4.19. The van der Waals surface area contributed by atoms with Crippen LogP contribution in [-0.4, -0.2) is 16.0 Å². The third-order valence-electron chi connectivity index (χ3n) is 6.05. The monoisotopic (exact) mass is 281 g/mol. The summed E-state index contributed by atoms with van der Waals surface area (Å²) in [5.41, 5.74) is 3.90. The van der Waals surface area contributed by atoms with Crippen molar-refractivity contribution in [3.63, 3.8) is 0 Å². The topological polar surface area (TPSA) is 37.8 Å². The quantitative estimate of drug-likeness (QED) is 0.894. The van der Waals surface area contributed by atoms with Crippen LogP contribution in [0.1, 0.15) is 40.0 Å². The molecule has 2 aliphatic carbocycles. The molecule has 3 atom stereocenters. The summed E-state index contributed by atoms with van der Waals surface area (Å²) in [6.07, 6.45) is 7.62. The molecule has 1 aromatic heterocycles. The van der Waals surface area contributed by atoms with Crippen LogP contribution in [0.15, 0.2) is 30.6 Å². The zero-order valence-corrected chi connectivity index (χ0v) is 13.1. The zero-order valence-electron chi connectivity index (χ0n) is 13.1. The molecule has 0 spiro atoms. The van der Waals surface area contributed by atoms with Crippen LogP contribution in [0.25, 0.3) is 11.0 Å². The molecule has 0 saturated heterocycles. The Labute approximate surface area is 126 Å². The van der Waals surface area contributed by atoms with Crippen LogP contribution in [0.5, 0.6) is 0 Å². The fraction of sp³-hybridized carbons (Fsp3) is 0.556. The number of benzene rings is 1. The molecule has 4 rings (SSSR count). The molecule has 21 heavy (non-hydrogen) atoms. The van der Waals surface area contributed by atoms with E-state index < -0.39 is 0 Å². The summed E-state index contributed by atoms with van der Waals surface area (Å²) in [4.78, 5) is 8.76. The predicted octanol–water partition coefficient (Wildman–Crippen LogP) is 4.26. The minimum absolute atomic E-state index is 0.365. The van der Waals surface area contributed by atoms with Gasteiger partial charge in [0.15, 0.2) is 0 Å². The van der Waals surface area contributed by atoms with Gasteiger partial charge in [0, 0.05) is 24.1 Å². The fourth-order valence-electron chi connectivity index (χ4n) is 4.88. The van der Waals surface area contributed by atoms with Gasteiger partial charge in [0.05, 0.1) is 11.0 Å². The molecule has 0 radical (unpaired) electrons. The third-order valence-corrected chi connectivity index (χ3v) is 6.05. The highest BCUT2D eigenvalue weighted by Crippen LogP contribution is 2.63. The molecule has 1 heterocycles. The Hall–Kier alpha value is -1.64. The van der Waals surface area contributed by atoms with Gasteiger partial charge in [0.1, 0.15) is 0 Å². The molecular formula is C18H23N3. The number of nitrogens with zero attached hydrogens (tertiary/aromatic N) is 2. The Morgan fingerprint density at radius 1 is 1.10 bits per heavy atom. The summed E-state index contributed by atoms with van der Waals surface area (Å²) >= 11 is 0. The van der Waals surface area contributed by atoms with E-state index in [2.05, 4.69) is 54.3 Å². The van der Waals surface area contributed by atoms with Gasteiger partial charge >= 0.3 is 0 Å². The lowest BCUT2D eigenvalue weighted by atomic mass is 9.68. The summed E-state index contributed by atoms with van der Waals surface area (Å²) < 4.78 is 0. The third kappa shape index (κ3) is 1.86. The Bertz CT molecular complexity index is 689. The second-order valence-corrected chi connectivity index (χ2v) is 7.75. The van der Waals surface area contributed by atoms with E-state index in [9.17, 15) is 0 Å². The van der Waals surface area contributed by atoms with E-state index in [1.165, 1.54) is 24.9 Å². The van der Waals surface area contributed by atoms with Gasteiger partial charge in [-0.15, -0.1) is 0 Å². The van der Waals surface area contributed by atoms with Crippen molar-refractivity contribution < 1.29 is 0 Å². The van der Waals surface area contributed by atoms with Crippen LogP contribution in [-0.2, 0) is 0 Å². The molecule has 2 fully saturated rings. The standard InChI is InChI=1S/C18H23N3/c1-17(2)12-6-7-18(3,11-12)16(17)21-13-4-5-14-15(10-13)20-9-8-19-14/h4-5,8-10,12,16,21H,6-7,11H2,1-3H3/t12-,16?,18+/m0/s1. The van der Waals surface area contributed by atoms with Gasteiger partial charge in [0.2, 0.25) is 0 Å². The lowest BCUT2D eigenvalue weighted by Crippen LogP contribution is -2.45. The van der Waals surface area contributed by atoms with Gasteiger partial charge in [0.25, 0.3) is 0 Å². The van der Waals surface area contributed by atoms with Crippen molar-refractivity contribution in [3.8, 4) is 0 Å². The summed E-state index contributed by atoms with van der Waals surface area (Å²) in [6.45, 7) is 7.32. The number of fused-ring (bicyclic) bond motifs is 3. The molecule has 2 bridgehead atoms. The highest BCUT2D eigenvalue weighted by molar-refractivity contribution is 5.78. The lowest BCUT2D eigenvalue weighted by Gasteiger charge is -2.43. The summed E-state index contributed by atoms with van der Waals surface area (Å²) in [5, 5.41) is 3.83. The van der Waals surface area contributed by atoms with Gasteiger partial charge in [-0.3, -0.25) is 9.97 Å². The second-order valence-electron chi connectivity index (χ2n) is 7.75. The maximum Gasteiger partial charge on any atom is 0.0907 e. The van der Waals surface area contributed by atoms with E-state index >= 15 is 0 Å². The molecule has 3 nitrogen and oxygen atoms in total. The van der Waals surface area contributed by atoms with Gasteiger partial charge in [-0.1, -0.05) is 20.8 Å². The molecule has 2 saturated carbocycles. The highest BCUT2D eigenvalue weighted by atomic mass is 15.0. The molecule has 2 aromatic rings. The number of anilines is 1. The Morgan fingerprint density at radius 3 is 2.57 bits per heavy atom. The lowest BCUT2D eigenvalue weighted by molar-refractivity contribution is 0.155. The van der Waals surface area contributed by atoms with Crippen molar-refractivity contribution in [1.29, 1.82) is 0 Å². The van der Waals surface area contributed by atoms with Gasteiger partial charge in [-0.2, -0.15) is 0 Å². The van der Waals surface area contributed by atoms with E-state index in [1.54, 1.807) is 12.4 Å². The average molecular weight is 281 g/mol. The number of rotatable bonds is 2. The van der Waals surface area contributed by atoms with Gasteiger partial charge < -0.3 is 5.32 Å². The first kappa shape index (κ1) is 13.1. The molecule has 1 aromatic carbocycles. The summed E-state index contributed by atoms with van der Waals surface area (Å²) in [5.74, 6) is 0.861. The van der Waals surface area contributed by atoms with E-state index in [0.29, 0.717) is 16.9 Å². The van der Waals surface area contributed by atoms with E-state index in [0.717, 1.165) is 17.0 Å². The minimum Gasteiger partial charge on any atom is -0.381 e. The Kier molecular flexibility index (Phi) is 2.60. The van der Waals surface area contributed by atoms with Crippen LogP contribution < -0.4 is 5.32 Å². The van der Waals surface area contributed by atoms with Crippen molar-refractivity contribution in [1.82, 2.24) is 9.97 Å². The van der Waals surface area contributed by atoms with Crippen molar-refractivity contribution in [3.05, 3.63) is 30.6 Å². The first-order valence-corrected chi connectivity index (χ1v) is 7.96. The molecule has 2 aliphatic rings. The largest absolute Gasteiger partial charge is 0.381 e. The molecule has 3 heteroatoms.